The van der Waals surface area contributed by atoms with E-state index in [4.69, 9.17) is 11.6 Å². The van der Waals surface area contributed by atoms with Gasteiger partial charge in [0.15, 0.2) is 0 Å². The molecule has 0 bridgehead atoms. The Hall–Kier alpha value is -1.36. The second kappa shape index (κ2) is 2.56. The van der Waals surface area contributed by atoms with Crippen LogP contribution in [-0.2, 0) is 0 Å². The molecule has 13 heavy (non-hydrogen) atoms. The Morgan fingerprint density at radius 1 is 1.46 bits per heavy atom. The lowest BCUT2D eigenvalue weighted by Gasteiger charge is -1.98. The number of fused-ring (bicyclic) bond motifs is 1. The summed E-state index contributed by atoms with van der Waals surface area (Å²) in [4.78, 5) is 4.31. The Bertz CT molecular complexity index is 480. The third kappa shape index (κ3) is 1.04. The molecule has 0 radical (unpaired) electrons. The lowest BCUT2D eigenvalue weighted by molar-refractivity contribution is -0.782. The number of halogens is 1. The average Bonchev–Trinajstić information content (AvgIpc) is 2.43. The summed E-state index contributed by atoms with van der Waals surface area (Å²) >= 11 is 5.90. The first-order chi connectivity index (χ1) is 6.11. The number of aromatic nitrogens is 3. The molecule has 5 nitrogen and oxygen atoms in total. The lowest BCUT2D eigenvalue weighted by atomic mass is 10.2. The Labute approximate surface area is 78.5 Å². The SMILES string of the molecule is Cc1nc2no[n+]([O-])c2c(C)c1Cl. The highest BCUT2D eigenvalue weighted by Gasteiger charge is 2.18. The van der Waals surface area contributed by atoms with E-state index in [2.05, 4.69) is 14.8 Å². The van der Waals surface area contributed by atoms with Crippen LogP contribution in [0.4, 0.5) is 0 Å². The maximum absolute atomic E-state index is 11.1. The van der Waals surface area contributed by atoms with Crippen molar-refractivity contribution in [2.24, 2.45) is 0 Å². The standard InChI is InChI=1S/C7H6ClN3O2/c1-3-5(8)4(2)9-7-6(3)11(12)13-10-7/h1-2H3. The quantitative estimate of drug-likeness (QED) is 0.597. The molecule has 0 aromatic carbocycles. The number of nitrogens with zero attached hydrogens (tertiary/aromatic N) is 3. The fraction of sp³-hybridized carbons (Fsp3) is 0.286. The van der Waals surface area contributed by atoms with Gasteiger partial charge in [0.2, 0.25) is 5.52 Å². The van der Waals surface area contributed by atoms with Crippen LogP contribution in [0.5, 0.6) is 0 Å². The molecule has 2 rings (SSSR count). The van der Waals surface area contributed by atoms with E-state index in [1.165, 1.54) is 0 Å². The van der Waals surface area contributed by atoms with Gasteiger partial charge in [-0.3, -0.25) is 4.63 Å². The zero-order valence-corrected chi connectivity index (χ0v) is 7.79. The summed E-state index contributed by atoms with van der Waals surface area (Å²) in [5, 5.41) is 15.0. The molecule has 0 unspecified atom stereocenters. The monoisotopic (exact) mass is 199 g/mol. The Balaban J connectivity index is 2.97. The van der Waals surface area contributed by atoms with Crippen LogP contribution < -0.4 is 4.90 Å². The molecule has 0 spiro atoms. The van der Waals surface area contributed by atoms with Crippen LogP contribution in [0.15, 0.2) is 4.63 Å². The molecule has 2 aromatic rings. The van der Waals surface area contributed by atoms with Crippen molar-refractivity contribution in [2.45, 2.75) is 13.8 Å². The van der Waals surface area contributed by atoms with Crippen LogP contribution >= 0.6 is 11.6 Å². The molecule has 6 heteroatoms. The molecule has 0 aliphatic rings. The molecule has 0 saturated carbocycles. The van der Waals surface area contributed by atoms with E-state index >= 15 is 0 Å². The summed E-state index contributed by atoms with van der Waals surface area (Å²) in [6.07, 6.45) is 0. The van der Waals surface area contributed by atoms with E-state index < -0.39 is 0 Å². The number of hydrogen-bond acceptors (Lipinski definition) is 4. The van der Waals surface area contributed by atoms with Gasteiger partial charge in [0.05, 0.1) is 15.9 Å². The van der Waals surface area contributed by atoms with Gasteiger partial charge in [-0.25, -0.2) is 4.98 Å². The minimum Gasteiger partial charge on any atom is -0.359 e. The summed E-state index contributed by atoms with van der Waals surface area (Å²) in [6, 6.07) is 0. The molecule has 0 N–H and O–H groups in total. The number of pyridine rings is 1. The summed E-state index contributed by atoms with van der Waals surface area (Å²) in [7, 11) is 0. The highest BCUT2D eigenvalue weighted by atomic mass is 35.5. The minimum atomic E-state index is 0.286. The summed E-state index contributed by atoms with van der Waals surface area (Å²) < 4.78 is 4.40. The number of rotatable bonds is 0. The molecule has 68 valence electrons. The molecule has 0 amide bonds. The van der Waals surface area contributed by atoms with E-state index in [0.29, 0.717) is 21.2 Å². The van der Waals surface area contributed by atoms with Gasteiger partial charge in [-0.15, -0.1) is 0 Å². The molecule has 0 fully saturated rings. The second-order valence-electron chi connectivity index (χ2n) is 2.74. The van der Waals surface area contributed by atoms with Gasteiger partial charge < -0.3 is 5.21 Å². The van der Waals surface area contributed by atoms with Gasteiger partial charge in [0.1, 0.15) is 0 Å². The van der Waals surface area contributed by atoms with Crippen LogP contribution in [0.25, 0.3) is 11.2 Å². The predicted molar refractivity (Wildman–Crippen MR) is 45.2 cm³/mol. The number of aryl methyl sites for hydroxylation is 2. The zero-order chi connectivity index (χ0) is 9.59. The van der Waals surface area contributed by atoms with Crippen LogP contribution in [0.1, 0.15) is 11.3 Å². The molecule has 0 atom stereocenters. The average molecular weight is 200 g/mol. The first kappa shape index (κ1) is 8.25. The first-order valence-electron chi connectivity index (χ1n) is 3.63. The minimum absolute atomic E-state index is 0.286. The maximum atomic E-state index is 11.1. The van der Waals surface area contributed by atoms with Gasteiger partial charge in [-0.2, -0.15) is 0 Å². The fourth-order valence-electron chi connectivity index (χ4n) is 1.20. The van der Waals surface area contributed by atoms with Crippen LogP contribution in [0, 0.1) is 19.1 Å². The summed E-state index contributed by atoms with van der Waals surface area (Å²) in [5.41, 5.74) is 1.85. The van der Waals surface area contributed by atoms with Gasteiger partial charge >= 0.3 is 5.65 Å². The lowest BCUT2D eigenvalue weighted by Crippen LogP contribution is -2.23. The van der Waals surface area contributed by atoms with Crippen molar-refractivity contribution in [3.8, 4) is 0 Å². The molecule has 0 aliphatic heterocycles. The third-order valence-electron chi connectivity index (χ3n) is 1.87. The maximum Gasteiger partial charge on any atom is 0.341 e. The highest BCUT2D eigenvalue weighted by molar-refractivity contribution is 6.32. The van der Waals surface area contributed by atoms with Gasteiger partial charge in [0.25, 0.3) is 0 Å². The van der Waals surface area contributed by atoms with Crippen molar-refractivity contribution in [3.63, 3.8) is 0 Å². The fourth-order valence-corrected chi connectivity index (χ4v) is 1.33. The summed E-state index contributed by atoms with van der Waals surface area (Å²) in [5.74, 6) is 0. The van der Waals surface area contributed by atoms with E-state index in [1.807, 2.05) is 0 Å². The van der Waals surface area contributed by atoms with Crippen molar-refractivity contribution < 1.29 is 9.53 Å². The van der Waals surface area contributed by atoms with Crippen molar-refractivity contribution in [1.82, 2.24) is 10.1 Å². The smallest absolute Gasteiger partial charge is 0.341 e. The summed E-state index contributed by atoms with van der Waals surface area (Å²) in [6.45, 7) is 3.48. The molecule has 2 aromatic heterocycles. The van der Waals surface area contributed by atoms with Crippen LogP contribution in [0.2, 0.25) is 5.02 Å². The number of hydrogen-bond donors (Lipinski definition) is 0. The molecular weight excluding hydrogens is 194 g/mol. The second-order valence-corrected chi connectivity index (χ2v) is 3.12. The molecule has 0 aliphatic carbocycles. The Morgan fingerprint density at radius 2 is 2.15 bits per heavy atom. The molecule has 2 heterocycles. The largest absolute Gasteiger partial charge is 0.359 e. The first-order valence-corrected chi connectivity index (χ1v) is 4.01. The molecular formula is C7H6ClN3O2. The van der Waals surface area contributed by atoms with Crippen LogP contribution in [-0.4, -0.2) is 10.1 Å². The third-order valence-corrected chi connectivity index (χ3v) is 2.43. The van der Waals surface area contributed by atoms with Crippen molar-refractivity contribution in [3.05, 3.63) is 21.5 Å². The van der Waals surface area contributed by atoms with Gasteiger partial charge in [-0.1, -0.05) is 11.6 Å². The van der Waals surface area contributed by atoms with Crippen molar-refractivity contribution >= 4 is 22.8 Å². The Kier molecular flexibility index (Phi) is 1.63. The highest BCUT2D eigenvalue weighted by Crippen LogP contribution is 2.22. The van der Waals surface area contributed by atoms with Crippen molar-refractivity contribution in [1.29, 1.82) is 0 Å². The van der Waals surface area contributed by atoms with Gasteiger partial charge in [0, 0.05) is 5.56 Å². The van der Waals surface area contributed by atoms with Crippen molar-refractivity contribution in [2.75, 3.05) is 0 Å². The van der Waals surface area contributed by atoms with E-state index in [1.54, 1.807) is 13.8 Å². The van der Waals surface area contributed by atoms with E-state index in [9.17, 15) is 5.21 Å². The van der Waals surface area contributed by atoms with Crippen LogP contribution in [0.3, 0.4) is 0 Å². The molecule has 0 saturated heterocycles. The topological polar surface area (TPSA) is 65.9 Å². The van der Waals surface area contributed by atoms with Gasteiger partial charge in [-0.05, 0) is 18.8 Å². The van der Waals surface area contributed by atoms with E-state index in [-0.39, 0.29) is 11.2 Å². The predicted octanol–water partition coefficient (Wildman–Crippen LogP) is 1.13. The zero-order valence-electron chi connectivity index (χ0n) is 7.04. The normalized spacial score (nSPS) is 11.0. The Morgan fingerprint density at radius 3 is 2.85 bits per heavy atom. The van der Waals surface area contributed by atoms with E-state index in [0.717, 1.165) is 0 Å².